The number of ether oxygens (including phenoxy) is 1. The largest absolute Gasteiger partial charge is 0.434 e. The first-order valence-corrected chi connectivity index (χ1v) is 19.8. The maximum Gasteiger partial charge on any atom is 0.434 e. The van der Waals surface area contributed by atoms with Crippen LogP contribution in [0.5, 0.6) is 0 Å². The molecule has 4 aliphatic rings. The van der Waals surface area contributed by atoms with E-state index in [0.717, 1.165) is 79.8 Å². The number of nitrogens with zero attached hydrogens (tertiary/aromatic N) is 5. The van der Waals surface area contributed by atoms with Crippen molar-refractivity contribution in [3.63, 3.8) is 0 Å². The number of carbonyl (C=O) groups excluding carboxylic acids is 1. The van der Waals surface area contributed by atoms with Crippen molar-refractivity contribution in [3.8, 4) is 0 Å². The van der Waals surface area contributed by atoms with Crippen LogP contribution in [0.15, 0.2) is 36.4 Å². The molecule has 60 heavy (non-hydrogen) atoms. The summed E-state index contributed by atoms with van der Waals surface area (Å²) in [6.45, 7) is 10.7. The molecule has 2 aromatic carbocycles. The lowest BCUT2D eigenvalue weighted by molar-refractivity contribution is -0.309. The van der Waals surface area contributed by atoms with Crippen molar-refractivity contribution in [3.05, 3.63) is 57.6 Å². The van der Waals surface area contributed by atoms with Gasteiger partial charge in [-0.3, -0.25) is 9.80 Å². The van der Waals surface area contributed by atoms with Crippen molar-refractivity contribution >= 4 is 40.7 Å². The fourth-order valence-corrected chi connectivity index (χ4v) is 7.40. The van der Waals surface area contributed by atoms with Crippen molar-refractivity contribution in [1.29, 1.82) is 0 Å². The molecule has 1 amide bonds. The van der Waals surface area contributed by atoms with E-state index >= 15 is 0 Å². The van der Waals surface area contributed by atoms with E-state index in [4.69, 9.17) is 28.3 Å². The highest BCUT2D eigenvalue weighted by Gasteiger charge is 2.60. The van der Waals surface area contributed by atoms with Crippen LogP contribution in [0.2, 0.25) is 10.0 Å². The summed E-state index contributed by atoms with van der Waals surface area (Å²) >= 11 is 12.3. The number of alkyl halides is 12. The molecule has 9 nitrogen and oxygen atoms in total. The molecule has 4 heterocycles. The minimum atomic E-state index is -5.73. The van der Waals surface area contributed by atoms with Gasteiger partial charge in [0.05, 0.1) is 0 Å². The van der Waals surface area contributed by atoms with Gasteiger partial charge in [0, 0.05) is 113 Å². The number of aliphatic hydroxyl groups is 1. The zero-order valence-electron chi connectivity index (χ0n) is 32.1. The molecule has 4 aliphatic heterocycles. The van der Waals surface area contributed by atoms with Gasteiger partial charge in [0.15, 0.2) is 0 Å². The fraction of sp³-hybridized carbons (Fsp3) is 0.649. The van der Waals surface area contributed by atoms with Crippen molar-refractivity contribution < 1.29 is 67.3 Å². The lowest BCUT2D eigenvalue weighted by Gasteiger charge is -2.36. The second kappa shape index (κ2) is 21.3. The summed E-state index contributed by atoms with van der Waals surface area (Å²) in [4.78, 5) is 22.0. The fourth-order valence-electron chi connectivity index (χ4n) is 7.01. The molecule has 2 aromatic rings. The van der Waals surface area contributed by atoms with E-state index < -0.39 is 43.0 Å². The van der Waals surface area contributed by atoms with Crippen LogP contribution in [0.4, 0.5) is 68.9 Å². The number of halogens is 14. The van der Waals surface area contributed by atoms with Gasteiger partial charge < -0.3 is 29.9 Å². The molecule has 0 spiro atoms. The second-order valence-electron chi connectivity index (χ2n) is 14.6. The lowest BCUT2D eigenvalue weighted by atomic mass is 10.1. The van der Waals surface area contributed by atoms with E-state index in [-0.39, 0.29) is 26.2 Å². The number of aliphatic hydroxyl groups excluding tert-OH is 1. The van der Waals surface area contributed by atoms with Gasteiger partial charge in [-0.25, -0.2) is 4.79 Å². The average molecular weight is 922 g/mol. The Hall–Kier alpha value is -3.11. The third-order valence-electron chi connectivity index (χ3n) is 10.0. The van der Waals surface area contributed by atoms with Crippen LogP contribution in [-0.2, 0) is 17.8 Å². The van der Waals surface area contributed by atoms with Gasteiger partial charge in [-0.05, 0) is 73.2 Å². The van der Waals surface area contributed by atoms with Crippen LogP contribution in [0.3, 0.4) is 0 Å². The Morgan fingerprint density at radius 1 is 0.600 bits per heavy atom. The monoisotopic (exact) mass is 920 g/mol. The van der Waals surface area contributed by atoms with Gasteiger partial charge in [-0.2, -0.15) is 52.7 Å². The summed E-state index contributed by atoms with van der Waals surface area (Å²) in [5.74, 6) is 0. The van der Waals surface area contributed by atoms with Crippen LogP contribution in [0, 0.1) is 0 Å². The minimum Gasteiger partial charge on any atom is -0.426 e. The first-order chi connectivity index (χ1) is 27.9. The number of carbonyl (C=O) groups is 1. The third-order valence-corrected chi connectivity index (χ3v) is 10.5. The molecule has 4 fully saturated rings. The molecular weight excluding hydrogens is 875 g/mol. The molecule has 0 unspecified atom stereocenters. The summed E-state index contributed by atoms with van der Waals surface area (Å²) in [6, 6.07) is 12.0. The summed E-state index contributed by atoms with van der Waals surface area (Å²) in [5, 5.41) is 12.3. The van der Waals surface area contributed by atoms with Gasteiger partial charge in [0.2, 0.25) is 6.10 Å². The predicted molar refractivity (Wildman–Crippen MR) is 201 cm³/mol. The van der Waals surface area contributed by atoms with Crippen molar-refractivity contribution in [2.24, 2.45) is 0 Å². The summed E-state index contributed by atoms with van der Waals surface area (Å²) in [5.41, 5.74) is 4.82. The SMILES string of the molecule is Clc1ccc(N2CCCC2)c(CN2CCNCC2)c1.O=C(OC(C(F)(F)F)C(F)(F)F)N1CCN(Cc2cc(Cl)ccc2N2CCCC2)CC1.OC(C(F)(F)F)C(F)(F)F. The molecule has 0 atom stereocenters. The lowest BCUT2D eigenvalue weighted by Crippen LogP contribution is -2.52. The Morgan fingerprint density at radius 3 is 1.33 bits per heavy atom. The number of rotatable bonds is 7. The maximum absolute atomic E-state index is 12.6. The molecule has 4 saturated heterocycles. The van der Waals surface area contributed by atoms with Crippen LogP contribution >= 0.6 is 23.2 Å². The number of nitrogens with one attached hydrogen (secondary N) is 1. The summed E-state index contributed by atoms with van der Waals surface area (Å²) < 4.78 is 145. The molecule has 0 aromatic heterocycles. The van der Waals surface area contributed by atoms with Crippen molar-refractivity contribution in [1.82, 2.24) is 20.0 Å². The van der Waals surface area contributed by atoms with Gasteiger partial charge in [0.1, 0.15) is 0 Å². The third kappa shape index (κ3) is 15.1. The molecule has 0 saturated carbocycles. The number of hydrogen-bond acceptors (Lipinski definition) is 8. The Bertz CT molecular complexity index is 1630. The van der Waals surface area contributed by atoms with Crippen molar-refractivity contribution in [2.75, 3.05) is 88.3 Å². The normalized spacial score (nSPS) is 18.7. The molecule has 0 radical (unpaired) electrons. The molecule has 23 heteroatoms. The Labute approximate surface area is 349 Å². The zero-order chi connectivity index (χ0) is 44.5. The summed E-state index contributed by atoms with van der Waals surface area (Å²) in [7, 11) is 0. The van der Waals surface area contributed by atoms with E-state index in [1.807, 2.05) is 29.2 Å². The Balaban J connectivity index is 0.000000231. The van der Waals surface area contributed by atoms with Crippen molar-refractivity contribution in [2.45, 2.75) is 75.7 Å². The van der Waals surface area contributed by atoms with Gasteiger partial charge in [-0.15, -0.1) is 0 Å². The quantitative estimate of drug-likeness (QED) is 0.268. The minimum absolute atomic E-state index is 0.0408. The number of anilines is 2. The van der Waals surface area contributed by atoms with Crippen LogP contribution in [0.1, 0.15) is 36.8 Å². The molecule has 6 rings (SSSR count). The predicted octanol–water partition coefficient (Wildman–Crippen LogP) is 8.50. The highest BCUT2D eigenvalue weighted by atomic mass is 35.5. The molecular formula is C37H46Cl2F12N6O3. The smallest absolute Gasteiger partial charge is 0.426 e. The van der Waals surface area contributed by atoms with Crippen LogP contribution in [-0.4, -0.2) is 141 Å². The second-order valence-corrected chi connectivity index (χ2v) is 15.4. The topological polar surface area (TPSA) is 74.8 Å². The molecule has 0 bridgehead atoms. The van der Waals surface area contributed by atoms with Gasteiger partial charge in [0.25, 0.3) is 6.10 Å². The number of piperazine rings is 2. The van der Waals surface area contributed by atoms with E-state index in [2.05, 4.69) is 36.9 Å². The Kier molecular flexibility index (Phi) is 17.6. The maximum atomic E-state index is 12.6. The molecule has 340 valence electrons. The molecule has 2 N–H and O–H groups in total. The Morgan fingerprint density at radius 2 is 0.983 bits per heavy atom. The van der Waals surface area contributed by atoms with Crippen LogP contribution < -0.4 is 15.1 Å². The highest BCUT2D eigenvalue weighted by Crippen LogP contribution is 2.37. The van der Waals surface area contributed by atoms with Gasteiger partial charge in [-0.1, -0.05) is 23.2 Å². The zero-order valence-corrected chi connectivity index (χ0v) is 33.6. The average Bonchev–Trinajstić information content (AvgIpc) is 3.89. The standard InChI is InChI=1S/C19H22ClF6N3O2.C15H22ClN3.C3H2F6O/c20-14-3-4-15(28-5-1-2-6-28)13(11-14)12-27-7-9-29(10-8-27)17(30)31-16(18(21,22)23)19(24,25)26;16-14-3-4-15(19-7-1-2-8-19)13(11-14)12-18-9-5-17-6-10-18;4-2(5,6)1(10)3(7,8)9/h3-4,11,16H,1-2,5-10,12H2;3-4,11,17H,1-2,5-10,12H2;1,10H. The van der Waals surface area contributed by atoms with Crippen LogP contribution in [0.25, 0.3) is 0 Å². The highest BCUT2D eigenvalue weighted by molar-refractivity contribution is 6.31. The summed E-state index contributed by atoms with van der Waals surface area (Å²) in [6.07, 6.45) is -27.9. The van der Waals surface area contributed by atoms with E-state index in [9.17, 15) is 57.5 Å². The van der Waals surface area contributed by atoms with E-state index in [1.54, 1.807) is 0 Å². The number of hydrogen-bond donors (Lipinski definition) is 2. The molecule has 0 aliphatic carbocycles. The number of amides is 1. The first kappa shape index (κ1) is 49.5. The van der Waals surface area contributed by atoms with Gasteiger partial charge >= 0.3 is 30.8 Å². The van der Waals surface area contributed by atoms with E-state index in [0.29, 0.717) is 11.6 Å². The number of benzene rings is 2. The first-order valence-electron chi connectivity index (χ1n) is 19.1. The van der Waals surface area contributed by atoms with E-state index in [1.165, 1.54) is 37.2 Å².